The molecule has 3 heteroatoms. The Kier molecular flexibility index (Phi) is 5.98. The number of benzene rings is 2. The van der Waals surface area contributed by atoms with Gasteiger partial charge in [-0.3, -0.25) is 0 Å². The second-order valence-corrected chi connectivity index (χ2v) is 8.33. The lowest BCUT2D eigenvalue weighted by molar-refractivity contribution is 0.398. The molecular weight excluding hydrogens is 328 g/mol. The van der Waals surface area contributed by atoms with Crippen LogP contribution >= 0.6 is 10.5 Å². The highest BCUT2D eigenvalue weighted by molar-refractivity contribution is 7.45. The van der Waals surface area contributed by atoms with Gasteiger partial charge in [-0.2, -0.15) is 0 Å². The first-order valence-corrected chi connectivity index (χ1v) is 10.3. The first-order chi connectivity index (χ1) is 12.3. The van der Waals surface area contributed by atoms with E-state index >= 15 is 0 Å². The van der Waals surface area contributed by atoms with Gasteiger partial charge in [0, 0.05) is 35.1 Å². The average Bonchev–Trinajstić information content (AvgIpc) is 3.03. The third-order valence-electron chi connectivity index (χ3n) is 4.58. The van der Waals surface area contributed by atoms with Gasteiger partial charge in [0.15, 0.2) is 14.5 Å². The molecule has 0 saturated heterocycles. The molecule has 1 heterocycles. The van der Waals surface area contributed by atoms with Crippen molar-refractivity contribution in [1.29, 1.82) is 0 Å². The minimum Gasteiger partial charge on any atom is -0.496 e. The normalized spacial score (nSPS) is 11.7. The molecule has 1 unspecified atom stereocenters. The van der Waals surface area contributed by atoms with E-state index < -0.39 is 0 Å². The van der Waals surface area contributed by atoms with E-state index in [1.54, 1.807) is 14.2 Å². The Bertz CT molecular complexity index is 821. The zero-order valence-electron chi connectivity index (χ0n) is 15.4. The molecule has 3 rings (SSSR count). The quantitative estimate of drug-likeness (QED) is 0.330. The fourth-order valence-corrected chi connectivity index (χ4v) is 5.74. The molecule has 132 valence electrons. The Balaban J connectivity index is 2.13. The molecule has 0 aliphatic carbocycles. The van der Waals surface area contributed by atoms with Crippen molar-refractivity contribution in [2.24, 2.45) is 0 Å². The van der Waals surface area contributed by atoms with Crippen molar-refractivity contribution >= 4 is 20.6 Å². The molecule has 25 heavy (non-hydrogen) atoms. The van der Waals surface area contributed by atoms with Crippen LogP contribution in [-0.2, 0) is 6.42 Å². The van der Waals surface area contributed by atoms with E-state index in [2.05, 4.69) is 49.4 Å². The summed E-state index contributed by atoms with van der Waals surface area (Å²) in [6, 6.07) is 17.4. The molecule has 0 fully saturated rings. The van der Waals surface area contributed by atoms with Crippen LogP contribution in [0.25, 0.3) is 15.0 Å². The van der Waals surface area contributed by atoms with Gasteiger partial charge in [0.25, 0.3) is 0 Å². The Morgan fingerprint density at radius 3 is 2.36 bits per heavy atom. The lowest BCUT2D eigenvalue weighted by Gasteiger charge is -2.04. The SMILES string of the molecule is CCCCCCc1cc2c(OC)cc(OC)cc2[s+]1-c1ccccc1. The molecule has 2 aromatic carbocycles. The molecule has 0 amide bonds. The van der Waals surface area contributed by atoms with Crippen molar-refractivity contribution in [3.05, 3.63) is 53.4 Å². The third kappa shape index (κ3) is 3.82. The number of hydrogen-bond donors (Lipinski definition) is 0. The van der Waals surface area contributed by atoms with E-state index in [0.29, 0.717) is 0 Å². The summed E-state index contributed by atoms with van der Waals surface area (Å²) in [4.78, 5) is 2.89. The highest BCUT2D eigenvalue weighted by Gasteiger charge is 2.26. The number of thiophene rings is 1. The smallest absolute Gasteiger partial charge is 0.194 e. The molecule has 3 aromatic rings. The van der Waals surface area contributed by atoms with E-state index in [4.69, 9.17) is 9.47 Å². The van der Waals surface area contributed by atoms with Gasteiger partial charge in [-0.05, 0) is 18.6 Å². The topological polar surface area (TPSA) is 18.5 Å². The van der Waals surface area contributed by atoms with Crippen LogP contribution in [0.1, 0.15) is 37.5 Å². The highest BCUT2D eigenvalue weighted by atomic mass is 32.2. The predicted octanol–water partition coefficient (Wildman–Crippen LogP) is 6.72. The zero-order valence-corrected chi connectivity index (χ0v) is 16.2. The van der Waals surface area contributed by atoms with Gasteiger partial charge in [-0.1, -0.05) is 44.4 Å². The third-order valence-corrected chi connectivity index (χ3v) is 6.94. The number of rotatable bonds is 8. The number of fused-ring (bicyclic) bond motifs is 1. The molecule has 2 nitrogen and oxygen atoms in total. The highest BCUT2D eigenvalue weighted by Crippen LogP contribution is 2.48. The van der Waals surface area contributed by atoms with Crippen LogP contribution in [0.5, 0.6) is 11.5 Å². The second kappa shape index (κ2) is 8.39. The van der Waals surface area contributed by atoms with Crippen molar-refractivity contribution in [2.75, 3.05) is 14.2 Å². The lowest BCUT2D eigenvalue weighted by atomic mass is 10.1. The summed E-state index contributed by atoms with van der Waals surface area (Å²) >= 11 is 0. The number of methoxy groups -OCH3 is 2. The summed E-state index contributed by atoms with van der Waals surface area (Å²) < 4.78 is 12.5. The maximum absolute atomic E-state index is 5.65. The summed E-state index contributed by atoms with van der Waals surface area (Å²) in [7, 11) is 3.43. The molecule has 0 aliphatic rings. The molecular formula is C22H27O2S+. The van der Waals surface area contributed by atoms with Gasteiger partial charge < -0.3 is 9.47 Å². The first kappa shape index (κ1) is 17.8. The molecule has 0 spiro atoms. The van der Waals surface area contributed by atoms with E-state index in [-0.39, 0.29) is 10.5 Å². The maximum atomic E-state index is 5.65. The molecule has 0 bridgehead atoms. The Labute approximate surface area is 153 Å². The van der Waals surface area contributed by atoms with Crippen LogP contribution < -0.4 is 9.47 Å². The molecule has 1 atom stereocenters. The van der Waals surface area contributed by atoms with Crippen LogP contribution in [0.4, 0.5) is 0 Å². The van der Waals surface area contributed by atoms with Gasteiger partial charge in [0.05, 0.1) is 19.6 Å². The van der Waals surface area contributed by atoms with Gasteiger partial charge in [0.1, 0.15) is 11.5 Å². The van der Waals surface area contributed by atoms with Gasteiger partial charge in [-0.15, -0.1) is 0 Å². The predicted molar refractivity (Wildman–Crippen MR) is 109 cm³/mol. The molecule has 0 aliphatic heterocycles. The van der Waals surface area contributed by atoms with Gasteiger partial charge >= 0.3 is 0 Å². The Morgan fingerprint density at radius 1 is 0.880 bits per heavy atom. The minimum absolute atomic E-state index is 0.0315. The summed E-state index contributed by atoms with van der Waals surface area (Å²) in [5.74, 6) is 1.77. The van der Waals surface area contributed by atoms with Crippen LogP contribution in [0.15, 0.2) is 48.5 Å². The molecule has 0 saturated carbocycles. The molecule has 0 radical (unpaired) electrons. The fourth-order valence-electron chi connectivity index (χ4n) is 3.27. The van der Waals surface area contributed by atoms with E-state index in [0.717, 1.165) is 17.9 Å². The van der Waals surface area contributed by atoms with Crippen LogP contribution in [-0.4, -0.2) is 14.2 Å². The maximum Gasteiger partial charge on any atom is 0.194 e. The van der Waals surface area contributed by atoms with Crippen molar-refractivity contribution in [2.45, 2.75) is 39.0 Å². The fraction of sp³-hybridized carbons (Fsp3) is 0.364. The summed E-state index contributed by atoms with van der Waals surface area (Å²) in [5, 5.41) is 1.22. The molecule has 0 N–H and O–H groups in total. The van der Waals surface area contributed by atoms with Crippen molar-refractivity contribution < 1.29 is 9.47 Å². The number of unbranched alkanes of at least 4 members (excludes halogenated alkanes) is 3. The van der Waals surface area contributed by atoms with E-state index in [1.807, 2.05) is 6.07 Å². The Hall–Kier alpha value is -2.00. The van der Waals surface area contributed by atoms with E-state index in [1.165, 1.54) is 45.5 Å². The van der Waals surface area contributed by atoms with Crippen molar-refractivity contribution in [3.8, 4) is 16.4 Å². The van der Waals surface area contributed by atoms with Crippen molar-refractivity contribution in [3.63, 3.8) is 0 Å². The largest absolute Gasteiger partial charge is 0.496 e. The van der Waals surface area contributed by atoms with Crippen LogP contribution in [0.3, 0.4) is 0 Å². The summed E-state index contributed by atoms with van der Waals surface area (Å²) in [6.45, 7) is 2.26. The van der Waals surface area contributed by atoms with Crippen LogP contribution in [0, 0.1) is 0 Å². The number of ether oxygens (including phenoxy) is 2. The monoisotopic (exact) mass is 355 g/mol. The van der Waals surface area contributed by atoms with E-state index in [9.17, 15) is 0 Å². The first-order valence-electron chi connectivity index (χ1n) is 9.04. The van der Waals surface area contributed by atoms with Gasteiger partial charge in [0.2, 0.25) is 0 Å². The average molecular weight is 356 g/mol. The summed E-state index contributed by atoms with van der Waals surface area (Å²) in [5.41, 5.74) is 0. The van der Waals surface area contributed by atoms with Gasteiger partial charge in [-0.25, -0.2) is 0 Å². The number of aryl methyl sites for hydroxylation is 1. The summed E-state index contributed by atoms with van der Waals surface area (Å²) in [6.07, 6.45) is 6.30. The zero-order chi connectivity index (χ0) is 17.6. The Morgan fingerprint density at radius 2 is 1.68 bits per heavy atom. The molecule has 1 aromatic heterocycles. The second-order valence-electron chi connectivity index (χ2n) is 6.28. The number of hydrogen-bond acceptors (Lipinski definition) is 2. The van der Waals surface area contributed by atoms with Crippen molar-refractivity contribution in [1.82, 2.24) is 0 Å². The van der Waals surface area contributed by atoms with Crippen LogP contribution in [0.2, 0.25) is 0 Å². The lowest BCUT2D eigenvalue weighted by Crippen LogP contribution is -1.87. The standard InChI is InChI=1S/C22H27O2S/c1-4-5-6-8-13-19-16-20-21(24-3)14-17(23-2)15-22(20)25(19)18-11-9-7-10-12-18/h7,9-12,14-16H,4-6,8,13H2,1-3H3/q+1. The minimum atomic E-state index is -0.0315.